The fourth-order valence-corrected chi connectivity index (χ4v) is 1.91. The molecule has 1 heterocycles. The van der Waals surface area contributed by atoms with Gasteiger partial charge in [0.25, 0.3) is 0 Å². The molecule has 100 valence electrons. The molecule has 0 bridgehead atoms. The SMILES string of the molecule is CC(C)(C)OC(=O)N1C[C@@H](CN)[C@@H](C(F)F)C1. The number of nitrogens with zero attached hydrogens (tertiary/aromatic N) is 1. The third-order valence-corrected chi connectivity index (χ3v) is 2.77. The fourth-order valence-electron chi connectivity index (χ4n) is 1.91. The van der Waals surface area contributed by atoms with Crippen LogP contribution in [0.4, 0.5) is 13.6 Å². The number of carbonyl (C=O) groups excluding carboxylic acids is 1. The minimum atomic E-state index is -2.45. The van der Waals surface area contributed by atoms with Gasteiger partial charge in [0, 0.05) is 19.0 Å². The largest absolute Gasteiger partial charge is 0.444 e. The van der Waals surface area contributed by atoms with Crippen LogP contribution in [0.1, 0.15) is 20.8 Å². The van der Waals surface area contributed by atoms with Gasteiger partial charge in [-0.1, -0.05) is 0 Å². The van der Waals surface area contributed by atoms with Gasteiger partial charge in [0.05, 0.1) is 0 Å². The highest BCUT2D eigenvalue weighted by Gasteiger charge is 2.40. The van der Waals surface area contributed by atoms with Crippen molar-refractivity contribution >= 4 is 6.09 Å². The maximum absolute atomic E-state index is 12.7. The summed E-state index contributed by atoms with van der Waals surface area (Å²) < 4.78 is 30.6. The molecule has 0 unspecified atom stereocenters. The van der Waals surface area contributed by atoms with Crippen molar-refractivity contribution in [1.29, 1.82) is 0 Å². The van der Waals surface area contributed by atoms with Crippen molar-refractivity contribution < 1.29 is 18.3 Å². The van der Waals surface area contributed by atoms with E-state index in [0.717, 1.165) is 0 Å². The Morgan fingerprint density at radius 1 is 1.47 bits per heavy atom. The van der Waals surface area contributed by atoms with Crippen molar-refractivity contribution in [3.05, 3.63) is 0 Å². The van der Waals surface area contributed by atoms with E-state index in [1.54, 1.807) is 20.8 Å². The summed E-state index contributed by atoms with van der Waals surface area (Å²) in [6.45, 7) is 5.66. The Morgan fingerprint density at radius 2 is 2.06 bits per heavy atom. The zero-order valence-electron chi connectivity index (χ0n) is 10.5. The Hall–Kier alpha value is -0.910. The van der Waals surface area contributed by atoms with Gasteiger partial charge in [-0.2, -0.15) is 0 Å². The molecule has 0 radical (unpaired) electrons. The summed E-state index contributed by atoms with van der Waals surface area (Å²) in [5, 5.41) is 0. The average Bonchev–Trinajstić information content (AvgIpc) is 2.58. The molecule has 6 heteroatoms. The molecular formula is C11H20F2N2O2. The van der Waals surface area contributed by atoms with Gasteiger partial charge in [0.2, 0.25) is 6.43 Å². The molecule has 1 fully saturated rings. The monoisotopic (exact) mass is 250 g/mol. The Labute approximate surface area is 100 Å². The standard InChI is InChI=1S/C11H20F2N2O2/c1-11(2,3)17-10(16)15-5-7(4-14)8(6-15)9(12)13/h7-9H,4-6,14H2,1-3H3/t7-,8+/m1/s1. The highest BCUT2D eigenvalue weighted by molar-refractivity contribution is 5.68. The summed E-state index contributed by atoms with van der Waals surface area (Å²) in [5.41, 5.74) is 4.83. The van der Waals surface area contributed by atoms with Gasteiger partial charge in [-0.25, -0.2) is 13.6 Å². The van der Waals surface area contributed by atoms with Crippen LogP contribution in [0, 0.1) is 11.8 Å². The molecule has 0 aliphatic carbocycles. The van der Waals surface area contributed by atoms with Crippen LogP contribution in [0.5, 0.6) is 0 Å². The molecule has 4 nitrogen and oxygen atoms in total. The number of hydrogen-bond donors (Lipinski definition) is 1. The van der Waals surface area contributed by atoms with Crippen molar-refractivity contribution in [3.63, 3.8) is 0 Å². The van der Waals surface area contributed by atoms with Crippen molar-refractivity contribution in [2.45, 2.75) is 32.8 Å². The summed E-state index contributed by atoms with van der Waals surface area (Å²) >= 11 is 0. The molecule has 1 amide bonds. The number of rotatable bonds is 2. The Balaban J connectivity index is 2.61. The van der Waals surface area contributed by atoms with E-state index in [1.807, 2.05) is 0 Å². The van der Waals surface area contributed by atoms with Gasteiger partial charge >= 0.3 is 6.09 Å². The molecule has 0 aromatic rings. The quantitative estimate of drug-likeness (QED) is 0.811. The summed E-state index contributed by atoms with van der Waals surface area (Å²) in [4.78, 5) is 13.0. The van der Waals surface area contributed by atoms with E-state index in [0.29, 0.717) is 0 Å². The Bertz CT molecular complexity index is 279. The van der Waals surface area contributed by atoms with E-state index in [1.165, 1.54) is 4.90 Å². The van der Waals surface area contributed by atoms with Crippen LogP contribution in [-0.4, -0.2) is 42.7 Å². The van der Waals surface area contributed by atoms with E-state index in [9.17, 15) is 13.6 Å². The molecule has 1 aliphatic heterocycles. The minimum absolute atomic E-state index is 0.0223. The number of alkyl halides is 2. The first-order valence-corrected chi connectivity index (χ1v) is 5.70. The van der Waals surface area contributed by atoms with Crippen LogP contribution in [-0.2, 0) is 4.74 Å². The molecule has 2 N–H and O–H groups in total. The Morgan fingerprint density at radius 3 is 2.41 bits per heavy atom. The van der Waals surface area contributed by atoms with Crippen LogP contribution < -0.4 is 5.73 Å². The molecule has 1 saturated heterocycles. The summed E-state index contributed by atoms with van der Waals surface area (Å²) in [5.74, 6) is -1.19. The van der Waals surface area contributed by atoms with Crippen molar-refractivity contribution in [1.82, 2.24) is 4.90 Å². The second kappa shape index (κ2) is 5.16. The third kappa shape index (κ3) is 3.80. The van der Waals surface area contributed by atoms with E-state index in [2.05, 4.69) is 0 Å². The molecule has 0 aromatic heterocycles. The number of carbonyl (C=O) groups is 1. The van der Waals surface area contributed by atoms with Gasteiger partial charge in [-0.15, -0.1) is 0 Å². The number of amides is 1. The molecule has 0 spiro atoms. The van der Waals surface area contributed by atoms with Crippen LogP contribution in [0.15, 0.2) is 0 Å². The predicted octanol–water partition coefficient (Wildman–Crippen LogP) is 1.69. The first kappa shape index (κ1) is 14.2. The number of nitrogens with two attached hydrogens (primary N) is 1. The van der Waals surface area contributed by atoms with Crippen molar-refractivity contribution in [3.8, 4) is 0 Å². The highest BCUT2D eigenvalue weighted by atomic mass is 19.3. The lowest BCUT2D eigenvalue weighted by Gasteiger charge is -2.24. The molecule has 0 saturated carbocycles. The third-order valence-electron chi connectivity index (χ3n) is 2.77. The maximum atomic E-state index is 12.7. The van der Waals surface area contributed by atoms with E-state index >= 15 is 0 Å². The number of hydrogen-bond acceptors (Lipinski definition) is 3. The molecule has 1 rings (SSSR count). The summed E-state index contributed by atoms with van der Waals surface area (Å²) in [6.07, 6.45) is -2.99. The number of likely N-dealkylation sites (tertiary alicyclic amines) is 1. The topological polar surface area (TPSA) is 55.6 Å². The van der Waals surface area contributed by atoms with E-state index < -0.39 is 24.0 Å². The molecular weight excluding hydrogens is 230 g/mol. The zero-order valence-corrected chi connectivity index (χ0v) is 10.5. The molecule has 2 atom stereocenters. The lowest BCUT2D eigenvalue weighted by atomic mass is 9.97. The lowest BCUT2D eigenvalue weighted by Crippen LogP contribution is -2.36. The smallest absolute Gasteiger partial charge is 0.410 e. The van der Waals surface area contributed by atoms with Gasteiger partial charge < -0.3 is 15.4 Å². The molecule has 0 aromatic carbocycles. The second-order valence-electron chi connectivity index (χ2n) is 5.38. The highest BCUT2D eigenvalue weighted by Crippen LogP contribution is 2.29. The normalized spacial score (nSPS) is 25.5. The van der Waals surface area contributed by atoms with E-state index in [-0.39, 0.29) is 25.6 Å². The van der Waals surface area contributed by atoms with Crippen molar-refractivity contribution in [2.24, 2.45) is 17.6 Å². The predicted molar refractivity (Wildman–Crippen MR) is 59.8 cm³/mol. The van der Waals surface area contributed by atoms with Gasteiger partial charge in [0.1, 0.15) is 5.60 Å². The van der Waals surface area contributed by atoms with Crippen LogP contribution >= 0.6 is 0 Å². The van der Waals surface area contributed by atoms with Crippen molar-refractivity contribution in [2.75, 3.05) is 19.6 Å². The van der Waals surface area contributed by atoms with E-state index in [4.69, 9.17) is 10.5 Å². The first-order chi connectivity index (χ1) is 7.74. The lowest BCUT2D eigenvalue weighted by molar-refractivity contribution is 0.0253. The minimum Gasteiger partial charge on any atom is -0.444 e. The summed E-state index contributed by atoms with van der Waals surface area (Å²) in [7, 11) is 0. The van der Waals surface area contributed by atoms with Crippen LogP contribution in [0.25, 0.3) is 0 Å². The number of ether oxygens (including phenoxy) is 1. The van der Waals surface area contributed by atoms with Gasteiger partial charge in [0.15, 0.2) is 0 Å². The fraction of sp³-hybridized carbons (Fsp3) is 0.909. The molecule has 1 aliphatic rings. The second-order valence-corrected chi connectivity index (χ2v) is 5.38. The Kier molecular flexibility index (Phi) is 4.30. The first-order valence-electron chi connectivity index (χ1n) is 5.70. The average molecular weight is 250 g/mol. The zero-order chi connectivity index (χ0) is 13.2. The maximum Gasteiger partial charge on any atom is 0.410 e. The van der Waals surface area contributed by atoms with Gasteiger partial charge in [-0.3, -0.25) is 0 Å². The summed E-state index contributed by atoms with van der Waals surface area (Å²) in [6, 6.07) is 0. The van der Waals surface area contributed by atoms with Gasteiger partial charge in [-0.05, 0) is 33.2 Å². The van der Waals surface area contributed by atoms with Crippen LogP contribution in [0.2, 0.25) is 0 Å². The number of halogens is 2. The van der Waals surface area contributed by atoms with Crippen LogP contribution in [0.3, 0.4) is 0 Å². The molecule has 17 heavy (non-hydrogen) atoms.